The van der Waals surface area contributed by atoms with Gasteiger partial charge in [0.25, 0.3) is 0 Å². The molecule has 0 saturated heterocycles. The van der Waals surface area contributed by atoms with E-state index in [4.69, 9.17) is 0 Å². The summed E-state index contributed by atoms with van der Waals surface area (Å²) in [6.07, 6.45) is 6.25. The van der Waals surface area contributed by atoms with Crippen LogP contribution < -0.4 is 0 Å². The lowest BCUT2D eigenvalue weighted by molar-refractivity contribution is 0.112. The normalized spacial score (nSPS) is 17.5. The van der Waals surface area contributed by atoms with Crippen LogP contribution in [0.1, 0.15) is 47.2 Å². The van der Waals surface area contributed by atoms with E-state index in [1.54, 1.807) is 6.08 Å². The lowest BCUT2D eigenvalue weighted by atomic mass is 9.85. The monoisotopic (exact) mass is 229 g/mol. The van der Waals surface area contributed by atoms with Crippen LogP contribution in [0.5, 0.6) is 0 Å². The van der Waals surface area contributed by atoms with Crippen molar-refractivity contribution in [3.8, 4) is 0 Å². The van der Waals surface area contributed by atoms with Crippen molar-refractivity contribution in [3.63, 3.8) is 0 Å². The van der Waals surface area contributed by atoms with E-state index in [0.29, 0.717) is 5.56 Å². The van der Waals surface area contributed by atoms with Crippen LogP contribution in [-0.2, 0) is 10.3 Å². The summed E-state index contributed by atoms with van der Waals surface area (Å²) in [5.41, 5.74) is 2.05. The second-order valence-electron chi connectivity index (χ2n) is 4.65. The first-order chi connectivity index (χ1) is 8.22. The summed E-state index contributed by atoms with van der Waals surface area (Å²) in [6.45, 7) is 1.95. The van der Waals surface area contributed by atoms with Gasteiger partial charge in [-0.3, -0.25) is 4.79 Å². The summed E-state index contributed by atoms with van der Waals surface area (Å²) in [7, 11) is 0. The Bertz CT molecular complexity index is 481. The number of nitrogens with zero attached hydrogens (tertiary/aromatic N) is 1. The molecule has 1 aromatic carbocycles. The van der Waals surface area contributed by atoms with Crippen LogP contribution in [0.25, 0.3) is 0 Å². The maximum atomic E-state index is 11.1. The zero-order valence-corrected chi connectivity index (χ0v) is 9.90. The van der Waals surface area contributed by atoms with Crippen LogP contribution in [0.4, 0.5) is 0 Å². The molecular weight excluding hydrogens is 214 g/mol. The van der Waals surface area contributed by atoms with Gasteiger partial charge in [-0.1, -0.05) is 30.5 Å². The van der Waals surface area contributed by atoms with Gasteiger partial charge in [0.1, 0.15) is 6.29 Å². The third-order valence-electron chi connectivity index (χ3n) is 3.53. The van der Waals surface area contributed by atoms with E-state index in [1.807, 2.05) is 25.1 Å². The third kappa shape index (κ3) is 2.06. The molecule has 1 aromatic rings. The largest absolute Gasteiger partial charge is 0.298 e. The van der Waals surface area contributed by atoms with E-state index in [-0.39, 0.29) is 0 Å². The Labute approximate surface area is 101 Å². The lowest BCUT2D eigenvalue weighted by Crippen LogP contribution is -2.21. The van der Waals surface area contributed by atoms with Crippen LogP contribution in [0, 0.1) is 6.92 Å². The predicted octanol–water partition coefficient (Wildman–Crippen LogP) is 2.91. The van der Waals surface area contributed by atoms with Gasteiger partial charge in [0.05, 0.1) is 5.54 Å². The van der Waals surface area contributed by atoms with E-state index in [2.05, 4.69) is 4.99 Å². The lowest BCUT2D eigenvalue weighted by Gasteiger charge is -2.24. The number of aliphatic imine (C=N–C) groups is 1. The number of carbonyl (C=O) groups is 1. The van der Waals surface area contributed by atoms with Crippen LogP contribution >= 0.6 is 0 Å². The Kier molecular flexibility index (Phi) is 3.21. The van der Waals surface area contributed by atoms with Crippen LogP contribution in [0.15, 0.2) is 23.2 Å². The quantitative estimate of drug-likeness (QED) is 0.454. The number of benzene rings is 1. The highest BCUT2D eigenvalue weighted by Gasteiger charge is 2.37. The maximum Gasteiger partial charge on any atom is 0.235 e. The number of aryl methyl sites for hydroxylation is 1. The van der Waals surface area contributed by atoms with Crippen LogP contribution in [0.3, 0.4) is 0 Å². The molecule has 1 aliphatic carbocycles. The molecule has 2 rings (SSSR count). The topological polar surface area (TPSA) is 46.5 Å². The van der Waals surface area contributed by atoms with Crippen molar-refractivity contribution >= 4 is 12.4 Å². The van der Waals surface area contributed by atoms with E-state index in [1.165, 1.54) is 0 Å². The first-order valence-corrected chi connectivity index (χ1v) is 5.87. The molecule has 0 bridgehead atoms. The van der Waals surface area contributed by atoms with E-state index < -0.39 is 5.54 Å². The number of rotatable bonds is 3. The van der Waals surface area contributed by atoms with Crippen molar-refractivity contribution in [3.05, 3.63) is 34.9 Å². The fourth-order valence-corrected chi connectivity index (χ4v) is 2.69. The summed E-state index contributed by atoms with van der Waals surface area (Å²) in [5, 5.41) is 0. The average molecular weight is 229 g/mol. The zero-order chi connectivity index (χ0) is 12.3. The Morgan fingerprint density at radius 3 is 2.65 bits per heavy atom. The van der Waals surface area contributed by atoms with Gasteiger partial charge in [0.2, 0.25) is 6.08 Å². The Morgan fingerprint density at radius 1 is 1.35 bits per heavy atom. The molecule has 0 spiro atoms. The van der Waals surface area contributed by atoms with Crippen molar-refractivity contribution in [2.24, 2.45) is 4.99 Å². The molecule has 0 aliphatic heterocycles. The molecule has 1 saturated carbocycles. The fourth-order valence-electron chi connectivity index (χ4n) is 2.69. The second-order valence-corrected chi connectivity index (χ2v) is 4.65. The van der Waals surface area contributed by atoms with E-state index in [9.17, 15) is 9.59 Å². The zero-order valence-electron chi connectivity index (χ0n) is 9.90. The Balaban J connectivity index is 2.57. The molecule has 1 fully saturated rings. The van der Waals surface area contributed by atoms with Gasteiger partial charge in [0.15, 0.2) is 0 Å². The molecule has 0 aromatic heterocycles. The number of hydrogen-bond acceptors (Lipinski definition) is 3. The van der Waals surface area contributed by atoms with Crippen molar-refractivity contribution in [1.82, 2.24) is 0 Å². The Hall–Kier alpha value is -1.73. The van der Waals surface area contributed by atoms with E-state index in [0.717, 1.165) is 43.1 Å². The summed E-state index contributed by atoms with van der Waals surface area (Å²) in [4.78, 5) is 25.8. The first kappa shape index (κ1) is 11.7. The van der Waals surface area contributed by atoms with Gasteiger partial charge >= 0.3 is 0 Å². The number of aldehydes is 1. The molecular formula is C14H15NO2. The molecule has 0 heterocycles. The van der Waals surface area contributed by atoms with E-state index >= 15 is 0 Å². The van der Waals surface area contributed by atoms with Crippen LogP contribution in [-0.4, -0.2) is 12.4 Å². The van der Waals surface area contributed by atoms with Crippen LogP contribution in [0.2, 0.25) is 0 Å². The SMILES string of the molecule is Cc1ccc(C2(N=C=O)CCCC2)c(C=O)c1. The van der Waals surface area contributed by atoms with Gasteiger partial charge in [-0.25, -0.2) is 4.79 Å². The van der Waals surface area contributed by atoms with Gasteiger partial charge in [-0.05, 0) is 31.4 Å². The standard InChI is InChI=1S/C14H15NO2/c1-11-4-5-13(12(8-11)9-16)14(15-10-17)6-2-3-7-14/h4-5,8-9H,2-3,6-7H2,1H3. The highest BCUT2D eigenvalue weighted by Crippen LogP contribution is 2.43. The molecule has 0 atom stereocenters. The average Bonchev–Trinajstić information content (AvgIpc) is 2.79. The smallest absolute Gasteiger partial charge is 0.235 e. The molecule has 3 nitrogen and oxygen atoms in total. The highest BCUT2D eigenvalue weighted by molar-refractivity contribution is 5.78. The van der Waals surface area contributed by atoms with Gasteiger partial charge in [0, 0.05) is 5.56 Å². The van der Waals surface area contributed by atoms with Gasteiger partial charge in [-0.2, -0.15) is 4.99 Å². The summed E-state index contributed by atoms with van der Waals surface area (Å²) < 4.78 is 0. The molecule has 1 aliphatic rings. The predicted molar refractivity (Wildman–Crippen MR) is 64.8 cm³/mol. The minimum absolute atomic E-state index is 0.508. The minimum Gasteiger partial charge on any atom is -0.298 e. The molecule has 17 heavy (non-hydrogen) atoms. The number of hydrogen-bond donors (Lipinski definition) is 0. The first-order valence-electron chi connectivity index (χ1n) is 5.87. The highest BCUT2D eigenvalue weighted by atomic mass is 16.1. The minimum atomic E-state index is -0.508. The van der Waals surface area contributed by atoms with Crippen molar-refractivity contribution in [2.45, 2.75) is 38.1 Å². The molecule has 3 heteroatoms. The summed E-state index contributed by atoms with van der Waals surface area (Å²) in [5.74, 6) is 0. The van der Waals surface area contributed by atoms with Crippen molar-refractivity contribution < 1.29 is 9.59 Å². The third-order valence-corrected chi connectivity index (χ3v) is 3.53. The van der Waals surface area contributed by atoms with Gasteiger partial charge < -0.3 is 0 Å². The van der Waals surface area contributed by atoms with Crippen molar-refractivity contribution in [2.75, 3.05) is 0 Å². The second kappa shape index (κ2) is 4.64. The summed E-state index contributed by atoms with van der Waals surface area (Å²) in [6, 6.07) is 5.73. The molecule has 88 valence electrons. The molecule has 0 radical (unpaired) electrons. The maximum absolute atomic E-state index is 11.1. The number of isocyanates is 1. The fraction of sp³-hybridized carbons (Fsp3) is 0.429. The number of carbonyl (C=O) groups excluding carboxylic acids is 2. The van der Waals surface area contributed by atoms with Crippen molar-refractivity contribution in [1.29, 1.82) is 0 Å². The summed E-state index contributed by atoms with van der Waals surface area (Å²) >= 11 is 0. The molecule has 0 N–H and O–H groups in total. The Morgan fingerprint density at radius 2 is 2.06 bits per heavy atom. The molecule has 0 unspecified atom stereocenters. The van der Waals surface area contributed by atoms with Gasteiger partial charge in [-0.15, -0.1) is 0 Å². The molecule has 0 amide bonds.